The van der Waals surface area contributed by atoms with E-state index in [1.54, 1.807) is 12.1 Å². The lowest BCUT2D eigenvalue weighted by Gasteiger charge is -2.45. The summed E-state index contributed by atoms with van der Waals surface area (Å²) in [4.78, 5) is 26.0. The molecule has 1 N–H and O–H groups in total. The summed E-state index contributed by atoms with van der Waals surface area (Å²) in [6.07, 6.45) is 4.85. The molecule has 2 amide bonds. The second kappa shape index (κ2) is 7.43. The Morgan fingerprint density at radius 3 is 2.60 bits per heavy atom. The van der Waals surface area contributed by atoms with Crippen molar-refractivity contribution in [1.29, 1.82) is 0 Å². The van der Waals surface area contributed by atoms with Gasteiger partial charge in [-0.1, -0.05) is 6.07 Å². The minimum atomic E-state index is -0.380. The number of nitrogens with zero attached hydrogens (tertiary/aromatic N) is 1. The number of piperidine rings is 1. The molecule has 7 heteroatoms. The normalized spacial score (nSPS) is 29.9. The zero-order chi connectivity index (χ0) is 20.9. The lowest BCUT2D eigenvalue weighted by Crippen LogP contribution is -2.58. The van der Waals surface area contributed by atoms with Gasteiger partial charge in [-0.2, -0.15) is 0 Å². The molecule has 0 bridgehead atoms. The van der Waals surface area contributed by atoms with Crippen molar-refractivity contribution < 1.29 is 23.5 Å². The van der Waals surface area contributed by atoms with Gasteiger partial charge >= 0.3 is 6.09 Å². The van der Waals surface area contributed by atoms with Crippen LogP contribution in [-0.2, 0) is 9.53 Å². The van der Waals surface area contributed by atoms with Crippen LogP contribution in [0.3, 0.4) is 0 Å². The number of alkyl carbamates (subject to hydrolysis) is 1. The zero-order valence-corrected chi connectivity index (χ0v) is 17.4. The van der Waals surface area contributed by atoms with Crippen molar-refractivity contribution in [2.75, 3.05) is 19.7 Å². The van der Waals surface area contributed by atoms with E-state index in [1.165, 1.54) is 0 Å². The fourth-order valence-electron chi connectivity index (χ4n) is 5.20. The fraction of sp³-hybridized carbons (Fsp3) is 0.652. The summed E-state index contributed by atoms with van der Waals surface area (Å²) in [5.74, 6) is 1.02. The first-order chi connectivity index (χ1) is 14.4. The highest BCUT2D eigenvalue weighted by Gasteiger charge is 2.53. The van der Waals surface area contributed by atoms with Crippen LogP contribution in [0.5, 0.6) is 5.75 Å². The number of cyclic esters (lactones) is 1. The van der Waals surface area contributed by atoms with Crippen LogP contribution in [0.1, 0.15) is 56.9 Å². The van der Waals surface area contributed by atoms with Gasteiger partial charge in [-0.3, -0.25) is 4.79 Å². The number of amides is 2. The molecule has 2 aliphatic carbocycles. The van der Waals surface area contributed by atoms with Crippen molar-refractivity contribution in [3.63, 3.8) is 0 Å². The van der Waals surface area contributed by atoms with E-state index in [-0.39, 0.29) is 35.4 Å². The third kappa shape index (κ3) is 3.74. The summed E-state index contributed by atoms with van der Waals surface area (Å²) in [6, 6.07) is 5.35. The van der Waals surface area contributed by atoms with E-state index >= 15 is 0 Å². The molecule has 2 heterocycles. The summed E-state index contributed by atoms with van der Waals surface area (Å²) in [5, 5.41) is 2.84. The number of hydrogen-bond donors (Lipinski definition) is 1. The molecular formula is C23H29FN2O4. The second-order valence-electron chi connectivity index (χ2n) is 9.54. The highest BCUT2D eigenvalue weighted by atomic mass is 19.1. The smallest absolute Gasteiger partial charge is 0.407 e. The van der Waals surface area contributed by atoms with Crippen LogP contribution in [0.2, 0.25) is 0 Å². The van der Waals surface area contributed by atoms with Crippen LogP contribution >= 0.6 is 0 Å². The first-order valence-electron chi connectivity index (χ1n) is 11.1. The lowest BCUT2D eigenvalue weighted by atomic mass is 9.68. The maximum atomic E-state index is 14.4. The predicted molar refractivity (Wildman–Crippen MR) is 108 cm³/mol. The Bertz CT molecular complexity index is 842. The van der Waals surface area contributed by atoms with E-state index in [9.17, 15) is 14.0 Å². The molecule has 6 nitrogen and oxygen atoms in total. The molecule has 1 unspecified atom stereocenters. The van der Waals surface area contributed by atoms with Gasteiger partial charge in [0.25, 0.3) is 0 Å². The molecule has 0 aromatic heterocycles. The molecule has 162 valence electrons. The third-order valence-electron chi connectivity index (χ3n) is 7.30. The zero-order valence-electron chi connectivity index (χ0n) is 17.4. The van der Waals surface area contributed by atoms with Crippen LogP contribution in [0.25, 0.3) is 0 Å². The van der Waals surface area contributed by atoms with Crippen molar-refractivity contribution in [3.05, 3.63) is 29.6 Å². The van der Waals surface area contributed by atoms with Gasteiger partial charge in [0.05, 0.1) is 11.6 Å². The number of halogens is 1. The van der Waals surface area contributed by atoms with Crippen LogP contribution < -0.4 is 10.1 Å². The SMILES string of the molecule is CC(Oc1ccc(C2CC2)cc1F)C1CCN(C(=O)C2CC3(COC(=O)N3)C2)CC1. The van der Waals surface area contributed by atoms with E-state index in [0.717, 1.165) is 31.2 Å². The van der Waals surface area contributed by atoms with Crippen LogP contribution in [0.15, 0.2) is 18.2 Å². The van der Waals surface area contributed by atoms with Gasteiger partial charge < -0.3 is 19.7 Å². The Morgan fingerprint density at radius 2 is 2.00 bits per heavy atom. The van der Waals surface area contributed by atoms with Gasteiger partial charge in [-0.15, -0.1) is 0 Å². The second-order valence-corrected chi connectivity index (χ2v) is 9.54. The largest absolute Gasteiger partial charge is 0.487 e. The molecule has 5 rings (SSSR count). The molecule has 2 saturated heterocycles. The molecule has 2 aliphatic heterocycles. The van der Waals surface area contributed by atoms with Gasteiger partial charge in [0.2, 0.25) is 5.91 Å². The Labute approximate surface area is 176 Å². The summed E-state index contributed by atoms with van der Waals surface area (Å²) < 4.78 is 25.3. The Hall–Kier alpha value is -2.31. The van der Waals surface area contributed by atoms with Gasteiger partial charge in [-0.25, -0.2) is 9.18 Å². The van der Waals surface area contributed by atoms with Crippen molar-refractivity contribution in [1.82, 2.24) is 10.2 Å². The first kappa shape index (κ1) is 19.6. The van der Waals surface area contributed by atoms with E-state index in [1.807, 2.05) is 17.9 Å². The number of rotatable bonds is 5. The summed E-state index contributed by atoms with van der Waals surface area (Å²) >= 11 is 0. The van der Waals surface area contributed by atoms with Crippen LogP contribution in [0.4, 0.5) is 9.18 Å². The van der Waals surface area contributed by atoms with Crippen molar-refractivity contribution in [3.8, 4) is 5.75 Å². The number of hydrogen-bond acceptors (Lipinski definition) is 4. The summed E-state index contributed by atoms with van der Waals surface area (Å²) in [6.45, 7) is 3.76. The summed E-state index contributed by atoms with van der Waals surface area (Å²) in [7, 11) is 0. The van der Waals surface area contributed by atoms with E-state index in [0.29, 0.717) is 50.1 Å². The topological polar surface area (TPSA) is 67.9 Å². The number of nitrogens with one attached hydrogen (secondary N) is 1. The van der Waals surface area contributed by atoms with Crippen molar-refractivity contribution in [2.45, 2.75) is 63.0 Å². The fourth-order valence-corrected chi connectivity index (χ4v) is 5.20. The lowest BCUT2D eigenvalue weighted by molar-refractivity contribution is -0.143. The van der Waals surface area contributed by atoms with E-state index < -0.39 is 0 Å². The molecular weight excluding hydrogens is 387 g/mol. The molecule has 1 spiro atoms. The maximum absolute atomic E-state index is 14.4. The molecule has 2 saturated carbocycles. The average molecular weight is 416 g/mol. The molecule has 1 aromatic rings. The van der Waals surface area contributed by atoms with Crippen LogP contribution in [0, 0.1) is 17.7 Å². The number of carbonyl (C=O) groups excluding carboxylic acids is 2. The quantitative estimate of drug-likeness (QED) is 0.797. The number of likely N-dealkylation sites (tertiary alicyclic amines) is 1. The number of benzene rings is 1. The molecule has 4 aliphatic rings. The molecule has 1 aromatic carbocycles. The monoisotopic (exact) mass is 416 g/mol. The Morgan fingerprint density at radius 1 is 1.27 bits per heavy atom. The third-order valence-corrected chi connectivity index (χ3v) is 7.30. The van der Waals surface area contributed by atoms with Gasteiger partial charge in [-0.05, 0) is 75.0 Å². The van der Waals surface area contributed by atoms with Gasteiger partial charge in [0.1, 0.15) is 6.61 Å². The first-order valence-corrected chi connectivity index (χ1v) is 11.1. The molecule has 30 heavy (non-hydrogen) atoms. The number of ether oxygens (including phenoxy) is 2. The van der Waals surface area contributed by atoms with E-state index in [4.69, 9.17) is 9.47 Å². The summed E-state index contributed by atoms with van der Waals surface area (Å²) in [5.41, 5.74) is 0.748. The average Bonchev–Trinajstić information content (AvgIpc) is 3.49. The minimum absolute atomic E-state index is 0.0312. The van der Waals surface area contributed by atoms with E-state index in [2.05, 4.69) is 5.32 Å². The molecule has 0 radical (unpaired) electrons. The molecule has 4 fully saturated rings. The maximum Gasteiger partial charge on any atom is 0.407 e. The Kier molecular flexibility index (Phi) is 4.86. The van der Waals surface area contributed by atoms with Gasteiger partial charge in [0, 0.05) is 19.0 Å². The van der Waals surface area contributed by atoms with Crippen LogP contribution in [-0.4, -0.2) is 48.2 Å². The Balaban J connectivity index is 1.10. The highest BCUT2D eigenvalue weighted by molar-refractivity contribution is 5.81. The highest BCUT2D eigenvalue weighted by Crippen LogP contribution is 2.42. The molecule has 1 atom stereocenters. The minimum Gasteiger partial charge on any atom is -0.487 e. The standard InChI is InChI=1S/C23H29FN2O4/c1-14(30-20-5-4-17(10-19(20)24)16-2-3-16)15-6-8-26(9-7-15)21(27)18-11-23(12-18)13-29-22(28)25-23/h4-5,10,14-16,18H,2-3,6-9,11-13H2,1H3,(H,25,28). The number of carbonyl (C=O) groups is 2. The van der Waals surface area contributed by atoms with Gasteiger partial charge in [0.15, 0.2) is 11.6 Å². The van der Waals surface area contributed by atoms with Crippen molar-refractivity contribution in [2.24, 2.45) is 11.8 Å². The predicted octanol–water partition coefficient (Wildman–Crippen LogP) is 3.60. The van der Waals surface area contributed by atoms with Crippen molar-refractivity contribution >= 4 is 12.0 Å².